The normalized spacial score (nSPS) is 12.0. The summed E-state index contributed by atoms with van der Waals surface area (Å²) in [6, 6.07) is 23.9. The molecule has 0 bridgehead atoms. The van der Waals surface area contributed by atoms with E-state index in [4.69, 9.17) is 21.5 Å². The quantitative estimate of drug-likeness (QED) is 0.295. The molecule has 0 spiro atoms. The van der Waals surface area contributed by atoms with Crippen LogP contribution in [0.3, 0.4) is 0 Å². The fourth-order valence-electron chi connectivity index (χ4n) is 4.02. The molecule has 0 saturated heterocycles. The molecule has 0 saturated carbocycles. The summed E-state index contributed by atoms with van der Waals surface area (Å²) < 4.78 is 11.2. The number of aromatic nitrogens is 1. The van der Waals surface area contributed by atoms with E-state index in [-0.39, 0.29) is 16.6 Å². The molecule has 0 aliphatic carbocycles. The standard InChI is InChI=1S/C26H20N4O4S/c1-15-21(23(30-34-15)16-9-3-2-4-10-16)25(32)28-29-26(35)27-24(31)22-17-11-5-7-13-19(17)33-20-14-8-6-12-18(20)22/h2-14,22H,1H3,(H,28,32)(H2,27,29,31,35). The van der Waals surface area contributed by atoms with Gasteiger partial charge in [-0.15, -0.1) is 0 Å². The van der Waals surface area contributed by atoms with Crippen LogP contribution in [0.5, 0.6) is 11.5 Å². The van der Waals surface area contributed by atoms with E-state index in [9.17, 15) is 9.59 Å². The van der Waals surface area contributed by atoms with Crippen LogP contribution in [0, 0.1) is 6.92 Å². The smallest absolute Gasteiger partial charge is 0.275 e. The summed E-state index contributed by atoms with van der Waals surface area (Å²) >= 11 is 5.28. The molecule has 1 aliphatic rings. The van der Waals surface area contributed by atoms with Crippen LogP contribution in [0.1, 0.15) is 33.2 Å². The zero-order valence-corrected chi connectivity index (χ0v) is 19.4. The maximum absolute atomic E-state index is 13.3. The average Bonchev–Trinajstić information content (AvgIpc) is 3.27. The summed E-state index contributed by atoms with van der Waals surface area (Å²) in [6.07, 6.45) is 0. The van der Waals surface area contributed by atoms with Gasteiger partial charge in [-0.05, 0) is 31.3 Å². The van der Waals surface area contributed by atoms with Gasteiger partial charge in [0.05, 0.1) is 5.92 Å². The van der Waals surface area contributed by atoms with Gasteiger partial charge in [0, 0.05) is 16.7 Å². The van der Waals surface area contributed by atoms with Crippen molar-refractivity contribution in [3.63, 3.8) is 0 Å². The lowest BCUT2D eigenvalue weighted by atomic mass is 9.87. The van der Waals surface area contributed by atoms with Gasteiger partial charge in [0.1, 0.15) is 28.5 Å². The molecule has 0 atom stereocenters. The van der Waals surface area contributed by atoms with Crippen molar-refractivity contribution in [3.8, 4) is 22.8 Å². The summed E-state index contributed by atoms with van der Waals surface area (Å²) in [6.45, 7) is 1.65. The van der Waals surface area contributed by atoms with E-state index >= 15 is 0 Å². The number of ether oxygens (including phenoxy) is 1. The lowest BCUT2D eigenvalue weighted by molar-refractivity contribution is -0.120. The lowest BCUT2D eigenvalue weighted by Crippen LogP contribution is -2.49. The van der Waals surface area contributed by atoms with E-state index < -0.39 is 11.8 Å². The predicted octanol–water partition coefficient (Wildman–Crippen LogP) is 4.22. The van der Waals surface area contributed by atoms with Crippen LogP contribution in [0.15, 0.2) is 83.4 Å². The minimum absolute atomic E-state index is 0.0554. The fourth-order valence-corrected chi connectivity index (χ4v) is 4.17. The van der Waals surface area contributed by atoms with Crippen LogP contribution in [-0.2, 0) is 4.79 Å². The number of rotatable bonds is 3. The Morgan fingerprint density at radius 2 is 1.46 bits per heavy atom. The lowest BCUT2D eigenvalue weighted by Gasteiger charge is -2.27. The van der Waals surface area contributed by atoms with Gasteiger partial charge < -0.3 is 14.6 Å². The molecule has 2 amide bonds. The third-order valence-electron chi connectivity index (χ3n) is 5.61. The zero-order valence-electron chi connectivity index (χ0n) is 18.6. The molecule has 174 valence electrons. The number of amides is 2. The van der Waals surface area contributed by atoms with Gasteiger partial charge in [-0.25, -0.2) is 0 Å². The van der Waals surface area contributed by atoms with Gasteiger partial charge in [0.2, 0.25) is 5.91 Å². The molecular formula is C26H20N4O4S. The number of hydrazine groups is 1. The third-order valence-corrected chi connectivity index (χ3v) is 5.81. The van der Waals surface area contributed by atoms with E-state index in [2.05, 4.69) is 21.3 Å². The van der Waals surface area contributed by atoms with Crippen molar-refractivity contribution in [2.45, 2.75) is 12.8 Å². The first-order valence-corrected chi connectivity index (χ1v) is 11.2. The van der Waals surface area contributed by atoms with Crippen molar-refractivity contribution >= 4 is 29.1 Å². The van der Waals surface area contributed by atoms with Crippen LogP contribution >= 0.6 is 12.2 Å². The Kier molecular flexibility index (Phi) is 5.99. The molecule has 1 aromatic heterocycles. The van der Waals surface area contributed by atoms with Crippen LogP contribution in [0.25, 0.3) is 11.3 Å². The van der Waals surface area contributed by atoms with E-state index in [1.54, 1.807) is 6.92 Å². The minimum Gasteiger partial charge on any atom is -0.457 e. The highest BCUT2D eigenvalue weighted by molar-refractivity contribution is 7.80. The van der Waals surface area contributed by atoms with Crippen molar-refractivity contribution in [1.29, 1.82) is 0 Å². The average molecular weight is 485 g/mol. The molecule has 9 heteroatoms. The Labute approximate surface area is 206 Å². The molecule has 0 unspecified atom stereocenters. The van der Waals surface area contributed by atoms with Gasteiger partial charge in [-0.3, -0.25) is 20.4 Å². The Morgan fingerprint density at radius 3 is 2.11 bits per heavy atom. The Morgan fingerprint density at radius 1 is 0.857 bits per heavy atom. The van der Waals surface area contributed by atoms with Crippen LogP contribution in [0.2, 0.25) is 0 Å². The SMILES string of the molecule is Cc1onc(-c2ccccc2)c1C(=O)NNC(=S)NC(=O)C1c2ccccc2Oc2ccccc21. The minimum atomic E-state index is -0.628. The van der Waals surface area contributed by atoms with E-state index in [0.717, 1.165) is 16.7 Å². The molecule has 3 N–H and O–H groups in total. The topological polar surface area (TPSA) is 105 Å². The number of aryl methyl sites for hydroxylation is 1. The summed E-state index contributed by atoms with van der Waals surface area (Å²) in [5.41, 5.74) is 7.97. The summed E-state index contributed by atoms with van der Waals surface area (Å²) in [7, 11) is 0. The number of carbonyl (C=O) groups excluding carboxylic acids is 2. The van der Waals surface area contributed by atoms with Crippen molar-refractivity contribution in [2.24, 2.45) is 0 Å². The number of hydrogen-bond acceptors (Lipinski definition) is 6. The highest BCUT2D eigenvalue weighted by Crippen LogP contribution is 2.43. The Hall–Kier alpha value is -4.50. The molecule has 4 aromatic rings. The molecule has 0 fully saturated rings. The molecule has 8 nitrogen and oxygen atoms in total. The summed E-state index contributed by atoms with van der Waals surface area (Å²) in [5.74, 6) is 0.0852. The predicted molar refractivity (Wildman–Crippen MR) is 133 cm³/mol. The first kappa shape index (κ1) is 22.3. The molecule has 2 heterocycles. The largest absolute Gasteiger partial charge is 0.457 e. The number of carbonyl (C=O) groups is 2. The number of hydrogen-bond donors (Lipinski definition) is 3. The molecular weight excluding hydrogens is 464 g/mol. The zero-order chi connectivity index (χ0) is 24.4. The Balaban J connectivity index is 1.29. The number of thiocarbonyl (C=S) groups is 1. The molecule has 3 aromatic carbocycles. The second-order valence-corrected chi connectivity index (χ2v) is 8.24. The third kappa shape index (κ3) is 4.36. The highest BCUT2D eigenvalue weighted by Gasteiger charge is 2.33. The first-order chi connectivity index (χ1) is 17.0. The number of nitrogens with zero attached hydrogens (tertiary/aromatic N) is 1. The number of benzene rings is 3. The second kappa shape index (κ2) is 9.40. The Bertz CT molecular complexity index is 1390. The highest BCUT2D eigenvalue weighted by atomic mass is 32.1. The summed E-state index contributed by atoms with van der Waals surface area (Å²) in [4.78, 5) is 26.1. The molecule has 0 radical (unpaired) electrons. The summed E-state index contributed by atoms with van der Waals surface area (Å²) in [5, 5.41) is 6.62. The van der Waals surface area contributed by atoms with Gasteiger partial charge in [0.15, 0.2) is 5.11 Å². The number of nitrogens with one attached hydrogen (secondary N) is 3. The van der Waals surface area contributed by atoms with E-state index in [0.29, 0.717) is 23.0 Å². The van der Waals surface area contributed by atoms with Crippen LogP contribution in [0.4, 0.5) is 0 Å². The number of para-hydroxylation sites is 2. The van der Waals surface area contributed by atoms with E-state index in [1.807, 2.05) is 78.9 Å². The van der Waals surface area contributed by atoms with E-state index in [1.165, 1.54) is 0 Å². The van der Waals surface area contributed by atoms with Crippen molar-refractivity contribution < 1.29 is 18.8 Å². The monoisotopic (exact) mass is 484 g/mol. The molecule has 1 aliphatic heterocycles. The number of fused-ring (bicyclic) bond motifs is 2. The van der Waals surface area contributed by atoms with Gasteiger partial charge in [-0.1, -0.05) is 71.9 Å². The maximum atomic E-state index is 13.3. The van der Waals surface area contributed by atoms with Gasteiger partial charge in [0.25, 0.3) is 5.91 Å². The maximum Gasteiger partial charge on any atom is 0.275 e. The van der Waals surface area contributed by atoms with Crippen molar-refractivity contribution in [2.75, 3.05) is 0 Å². The fraction of sp³-hybridized carbons (Fsp3) is 0.0769. The van der Waals surface area contributed by atoms with Gasteiger partial charge in [-0.2, -0.15) is 0 Å². The van der Waals surface area contributed by atoms with Crippen molar-refractivity contribution in [3.05, 3.63) is 101 Å². The molecule has 35 heavy (non-hydrogen) atoms. The van der Waals surface area contributed by atoms with Crippen LogP contribution < -0.4 is 20.9 Å². The van der Waals surface area contributed by atoms with Crippen LogP contribution in [-0.4, -0.2) is 22.1 Å². The molecule has 5 rings (SSSR count). The second-order valence-electron chi connectivity index (χ2n) is 7.84. The first-order valence-electron chi connectivity index (χ1n) is 10.8. The van der Waals surface area contributed by atoms with Gasteiger partial charge >= 0.3 is 0 Å². The van der Waals surface area contributed by atoms with Crippen molar-refractivity contribution in [1.82, 2.24) is 21.3 Å².